The van der Waals surface area contributed by atoms with Crippen LogP contribution in [0.25, 0.3) is 44.6 Å². The fraction of sp³-hybridized carbons (Fsp3) is 0.468. The van der Waals surface area contributed by atoms with E-state index in [1.807, 2.05) is 82.8 Å². The highest BCUT2D eigenvalue weighted by Gasteiger charge is 2.31. The molecule has 0 radical (unpaired) electrons. The Morgan fingerprint density at radius 2 is 1.15 bits per heavy atom. The van der Waals surface area contributed by atoms with E-state index in [1.54, 1.807) is 51.5 Å². The van der Waals surface area contributed by atoms with Gasteiger partial charge in [-0.1, -0.05) is 12.1 Å². The fourth-order valence-corrected chi connectivity index (χ4v) is 12.2. The molecule has 0 saturated carbocycles. The van der Waals surface area contributed by atoms with Gasteiger partial charge in [-0.3, -0.25) is 18.8 Å². The third-order valence-electron chi connectivity index (χ3n) is 14.7. The van der Waals surface area contributed by atoms with Crippen LogP contribution < -0.4 is 16.0 Å². The number of nitrogens with zero attached hydrogens (tertiary/aromatic N) is 13. The van der Waals surface area contributed by atoms with Crippen molar-refractivity contribution in [1.29, 1.82) is 0 Å². The smallest absolute Gasteiger partial charge is 0.435 e. The Bertz CT molecular complexity index is 3810. The lowest BCUT2D eigenvalue weighted by Crippen LogP contribution is -2.36. The van der Waals surface area contributed by atoms with E-state index in [1.165, 1.54) is 17.7 Å². The molecule has 6 aromatic heterocycles. The zero-order valence-electron chi connectivity index (χ0n) is 53.0. The largest absolute Gasteiger partial charge is 0.508 e. The van der Waals surface area contributed by atoms with Gasteiger partial charge >= 0.3 is 13.9 Å². The van der Waals surface area contributed by atoms with Crippen LogP contribution in [0.3, 0.4) is 0 Å². The molecule has 89 heavy (non-hydrogen) atoms. The number of hydrogen-bond acceptors (Lipinski definition) is 19. The molecule has 2 aliphatic rings. The van der Waals surface area contributed by atoms with Gasteiger partial charge in [-0.25, -0.2) is 71.5 Å². The predicted octanol–water partition coefficient (Wildman–Crippen LogP) is 12.0. The molecule has 10 rings (SSSR count). The monoisotopic (exact) mass is 1250 g/mol. The molecule has 2 aromatic carbocycles. The van der Waals surface area contributed by atoms with Crippen LogP contribution in [0.5, 0.6) is 0 Å². The maximum Gasteiger partial charge on any atom is 0.508 e. The molecule has 2 aliphatic heterocycles. The second kappa shape index (κ2) is 29.8. The Morgan fingerprint density at radius 3 is 1.62 bits per heavy atom. The fourth-order valence-electron chi connectivity index (χ4n) is 10.8. The van der Waals surface area contributed by atoms with Crippen LogP contribution in [0, 0.1) is 37.1 Å². The minimum atomic E-state index is -3.30. The molecule has 27 heteroatoms. The van der Waals surface area contributed by atoms with E-state index in [-0.39, 0.29) is 45.9 Å². The number of ether oxygens (including phenoxy) is 2. The summed E-state index contributed by atoms with van der Waals surface area (Å²) in [6.07, 6.45) is 3.15. The predicted molar refractivity (Wildman–Crippen MR) is 335 cm³/mol. The summed E-state index contributed by atoms with van der Waals surface area (Å²) >= 11 is 0. The number of imidazole rings is 2. The van der Waals surface area contributed by atoms with Gasteiger partial charge in [0.15, 0.2) is 23.3 Å². The van der Waals surface area contributed by atoms with Gasteiger partial charge in [-0.15, -0.1) is 0 Å². The SMILES string of the molecule is CCOC(=O)OCC.CCOP(=O)(OCC)N(C)CCN1CCc2nc(Nc3ncc(F)c(-c4cc(F)c5nc(C)n(C(C)C)c5c4)n3)ccc2C1.CNCCN1CCc2nc(Nc3ncc(F)c(-c4cc(F)c5nc(C)n(C(C)(C)C)c5c4)n3)ccc2C1. The van der Waals surface area contributed by atoms with Gasteiger partial charge in [0, 0.05) is 99.3 Å². The van der Waals surface area contributed by atoms with Gasteiger partial charge in [0.25, 0.3) is 0 Å². The van der Waals surface area contributed by atoms with Gasteiger partial charge in [0.2, 0.25) is 11.9 Å². The summed E-state index contributed by atoms with van der Waals surface area (Å²) in [6.45, 7) is 28.5. The summed E-state index contributed by atoms with van der Waals surface area (Å²) in [5.74, 6) is 0.461. The van der Waals surface area contributed by atoms with E-state index in [0.29, 0.717) is 91.5 Å². The third-order valence-corrected chi connectivity index (χ3v) is 16.9. The number of carbonyl (C=O) groups excluding carboxylic acids is 1. The average molecular weight is 1250 g/mol. The molecule has 0 bridgehead atoms. The van der Waals surface area contributed by atoms with Crippen LogP contribution in [-0.2, 0) is 54.6 Å². The average Bonchev–Trinajstić information content (AvgIpc) is 3.14. The van der Waals surface area contributed by atoms with E-state index in [2.05, 4.69) is 71.2 Å². The summed E-state index contributed by atoms with van der Waals surface area (Å²) in [6, 6.07) is 13.8. The number of pyridine rings is 2. The molecular formula is C62H81F4N16O6P. The van der Waals surface area contributed by atoms with Crippen molar-refractivity contribution in [3.05, 3.63) is 118 Å². The number of halogens is 4. The number of benzene rings is 2. The Balaban J connectivity index is 0.000000207. The van der Waals surface area contributed by atoms with Crippen LogP contribution in [0.2, 0.25) is 0 Å². The Labute approximate surface area is 516 Å². The van der Waals surface area contributed by atoms with Crippen LogP contribution in [0.15, 0.2) is 60.9 Å². The highest BCUT2D eigenvalue weighted by molar-refractivity contribution is 7.51. The third kappa shape index (κ3) is 16.4. The number of likely N-dealkylation sites (N-methyl/N-ethyl adjacent to an activating group) is 2. The molecule has 0 amide bonds. The second-order valence-corrected chi connectivity index (χ2v) is 24.7. The highest BCUT2D eigenvalue weighted by atomic mass is 31.2. The zero-order valence-corrected chi connectivity index (χ0v) is 53.9. The Morgan fingerprint density at radius 1 is 0.663 bits per heavy atom. The Kier molecular flexibility index (Phi) is 22.6. The summed E-state index contributed by atoms with van der Waals surface area (Å²) < 4.78 is 98.2. The Hall–Kier alpha value is -7.58. The number of anilines is 4. The maximum absolute atomic E-state index is 15.1. The van der Waals surface area contributed by atoms with E-state index in [0.717, 1.165) is 74.9 Å². The van der Waals surface area contributed by atoms with E-state index in [4.69, 9.17) is 19.0 Å². The molecular weight excluding hydrogens is 1170 g/mol. The summed E-state index contributed by atoms with van der Waals surface area (Å²) in [5, 5.41) is 9.36. The number of nitrogens with one attached hydrogen (secondary N) is 3. The number of aromatic nitrogens is 10. The normalized spacial score (nSPS) is 13.7. The van der Waals surface area contributed by atoms with Crippen molar-refractivity contribution in [3.8, 4) is 22.5 Å². The highest BCUT2D eigenvalue weighted by Crippen LogP contribution is 2.50. The van der Waals surface area contributed by atoms with Crippen LogP contribution >= 0.6 is 7.75 Å². The minimum Gasteiger partial charge on any atom is -0.435 e. The molecule has 8 heterocycles. The molecule has 0 atom stereocenters. The molecule has 0 saturated heterocycles. The van der Waals surface area contributed by atoms with Crippen molar-refractivity contribution in [1.82, 2.24) is 68.8 Å². The zero-order chi connectivity index (χ0) is 64.3. The number of fused-ring (bicyclic) bond motifs is 4. The van der Waals surface area contributed by atoms with Crippen molar-refractivity contribution in [2.24, 2.45) is 0 Å². The van der Waals surface area contributed by atoms with Crippen molar-refractivity contribution in [3.63, 3.8) is 0 Å². The molecule has 0 fully saturated rings. The van der Waals surface area contributed by atoms with Gasteiger partial charge in [0.05, 0.1) is 49.9 Å². The minimum absolute atomic E-state index is 0.00995. The number of hydrogen-bond donors (Lipinski definition) is 3. The number of aryl methyl sites for hydroxylation is 2. The molecule has 478 valence electrons. The topological polar surface area (TPSA) is 230 Å². The lowest BCUT2D eigenvalue weighted by molar-refractivity contribution is 0.0630. The maximum atomic E-state index is 15.1. The van der Waals surface area contributed by atoms with Crippen molar-refractivity contribution < 1.29 is 45.4 Å². The molecule has 22 nitrogen and oxygen atoms in total. The van der Waals surface area contributed by atoms with Gasteiger partial charge in [-0.2, -0.15) is 0 Å². The first kappa shape index (κ1) is 67.4. The summed E-state index contributed by atoms with van der Waals surface area (Å²) in [7, 11) is 0.407. The first-order chi connectivity index (χ1) is 42.5. The van der Waals surface area contributed by atoms with Crippen LogP contribution in [-0.4, -0.2) is 149 Å². The second-order valence-electron chi connectivity index (χ2n) is 22.5. The van der Waals surface area contributed by atoms with Gasteiger partial charge in [0.1, 0.15) is 45.7 Å². The van der Waals surface area contributed by atoms with E-state index >= 15 is 8.78 Å². The number of carbonyl (C=O) groups is 1. The summed E-state index contributed by atoms with van der Waals surface area (Å²) in [5.41, 5.74) is 6.20. The van der Waals surface area contributed by atoms with E-state index < -0.39 is 37.2 Å². The van der Waals surface area contributed by atoms with Gasteiger partial charge in [-0.05, 0) is 138 Å². The van der Waals surface area contributed by atoms with Crippen molar-refractivity contribution in [2.45, 2.75) is 114 Å². The number of rotatable bonds is 20. The van der Waals surface area contributed by atoms with Crippen LogP contribution in [0.4, 0.5) is 45.9 Å². The van der Waals surface area contributed by atoms with Gasteiger partial charge < -0.3 is 34.6 Å². The molecule has 0 unspecified atom stereocenters. The first-order valence-corrected chi connectivity index (χ1v) is 31.4. The summed E-state index contributed by atoms with van der Waals surface area (Å²) in [4.78, 5) is 50.1. The van der Waals surface area contributed by atoms with Crippen molar-refractivity contribution in [2.75, 3.05) is 90.4 Å². The molecule has 3 N–H and O–H groups in total. The quantitative estimate of drug-likeness (QED) is 0.0366. The molecule has 0 spiro atoms. The lowest BCUT2D eigenvalue weighted by atomic mass is 10.1. The first-order valence-electron chi connectivity index (χ1n) is 29.9. The van der Waals surface area contributed by atoms with Crippen molar-refractivity contribution >= 4 is 59.5 Å². The molecule has 0 aliphatic carbocycles. The van der Waals surface area contributed by atoms with E-state index in [9.17, 15) is 18.1 Å². The van der Waals surface area contributed by atoms with Crippen LogP contribution in [0.1, 0.15) is 103 Å². The molecule has 8 aromatic rings. The standard InChI is InChI=1S/C30H39F2N8O3P.C27H32F2N8.C5H10O3/c1-7-42-44(41,43-8-2)38(6)13-14-39-12-11-25-21(18-39)9-10-27(35-25)36-30-33-17-24(32)28(37-30)22-15-23(31)29-26(16-22)40(19(3)4)20(5)34-29;1-16-32-25-19(28)12-18(13-22(25)37(16)27(2,3)4)24-20(29)14-31-26(35-24)34-23-7-6-17-15-36(11-9-30-5)10-8-21(17)33-23;1-3-7-5(6)8-4-2/h9-10,15-17,19H,7-8,11-14,18H2,1-6H3,(H,33,35,36,37);6-7,12-14,30H,8-11,15H2,1-5H3,(H,31,33,34,35);3-4H2,1-2H3. The lowest BCUT2D eigenvalue weighted by Gasteiger charge is -2.31.